The molecular weight excluding hydrogens is 426 g/mol. The van der Waals surface area contributed by atoms with Crippen molar-refractivity contribution in [1.82, 2.24) is 19.3 Å². The normalized spacial score (nSPS) is 15.1. The number of sulfonamides is 1. The number of methoxy groups -OCH3 is 1. The Hall–Kier alpha value is -2.54. The van der Waals surface area contributed by atoms with Crippen molar-refractivity contribution in [3.05, 3.63) is 35.1 Å². The van der Waals surface area contributed by atoms with Gasteiger partial charge in [0.2, 0.25) is 15.9 Å². The summed E-state index contributed by atoms with van der Waals surface area (Å²) in [6, 6.07) is 4.18. The molecule has 1 aromatic carbocycles. The van der Waals surface area contributed by atoms with Gasteiger partial charge in [0.15, 0.2) is 5.69 Å². The fraction of sp³-hybridized carbons (Fsp3) is 0.375. The number of halogens is 1. The third-order valence-electron chi connectivity index (χ3n) is 4.04. The molecule has 0 bridgehead atoms. The van der Waals surface area contributed by atoms with Crippen molar-refractivity contribution in [1.29, 1.82) is 0 Å². The SMILES string of the molecule is COC(=O)c1cn(CC(=O)Nc2ccc(Cl)c(S(=O)(=O)N3CCOCC3)c2)nn1. The Kier molecular flexibility index (Phi) is 6.47. The predicted molar refractivity (Wildman–Crippen MR) is 101 cm³/mol. The summed E-state index contributed by atoms with van der Waals surface area (Å²) < 4.78 is 37.8. The van der Waals surface area contributed by atoms with Gasteiger partial charge in [-0.2, -0.15) is 4.31 Å². The smallest absolute Gasteiger partial charge is 0.360 e. The van der Waals surface area contributed by atoms with Gasteiger partial charge in [0.05, 0.1) is 31.5 Å². The number of morpholine rings is 1. The number of hydrogen-bond donors (Lipinski definition) is 1. The van der Waals surface area contributed by atoms with Crippen LogP contribution >= 0.6 is 11.6 Å². The second-order valence-electron chi connectivity index (χ2n) is 6.00. The zero-order valence-corrected chi connectivity index (χ0v) is 16.9. The Morgan fingerprint density at radius 1 is 1.31 bits per heavy atom. The second kappa shape index (κ2) is 8.86. The number of benzene rings is 1. The fourth-order valence-corrected chi connectivity index (χ4v) is 4.53. The van der Waals surface area contributed by atoms with Crippen LogP contribution in [0.4, 0.5) is 5.69 Å². The molecule has 3 rings (SSSR count). The van der Waals surface area contributed by atoms with E-state index in [1.165, 1.54) is 35.8 Å². The van der Waals surface area contributed by atoms with Gasteiger partial charge in [0, 0.05) is 18.8 Å². The van der Waals surface area contributed by atoms with Crippen LogP contribution in [0.2, 0.25) is 5.02 Å². The number of rotatable bonds is 6. The van der Waals surface area contributed by atoms with Crippen LogP contribution < -0.4 is 5.32 Å². The molecule has 1 N–H and O–H groups in total. The van der Waals surface area contributed by atoms with E-state index in [9.17, 15) is 18.0 Å². The standard InChI is InChI=1S/C16H18ClN5O6S/c1-27-16(24)13-9-21(20-19-13)10-15(23)18-11-2-3-12(17)14(8-11)29(25,26)22-4-6-28-7-5-22/h2-3,8-9H,4-7,10H2,1H3,(H,18,23). The second-order valence-corrected chi connectivity index (χ2v) is 8.32. The topological polar surface area (TPSA) is 133 Å². The van der Waals surface area contributed by atoms with E-state index in [1.54, 1.807) is 0 Å². The summed E-state index contributed by atoms with van der Waals surface area (Å²) in [5, 5.41) is 9.90. The number of hydrogen-bond acceptors (Lipinski definition) is 8. The molecule has 11 nitrogen and oxygen atoms in total. The van der Waals surface area contributed by atoms with Crippen LogP contribution in [0.3, 0.4) is 0 Å². The zero-order valence-electron chi connectivity index (χ0n) is 15.4. The summed E-state index contributed by atoms with van der Waals surface area (Å²) in [6.07, 6.45) is 1.27. The molecule has 1 fully saturated rings. The van der Waals surface area contributed by atoms with Crippen molar-refractivity contribution in [3.8, 4) is 0 Å². The molecule has 0 radical (unpaired) electrons. The molecule has 0 aliphatic carbocycles. The lowest BCUT2D eigenvalue weighted by Gasteiger charge is -2.26. The number of amides is 1. The lowest BCUT2D eigenvalue weighted by Crippen LogP contribution is -2.40. The number of aromatic nitrogens is 3. The molecule has 1 saturated heterocycles. The molecule has 1 aliphatic rings. The third-order valence-corrected chi connectivity index (χ3v) is 6.42. The van der Waals surface area contributed by atoms with Crippen LogP contribution in [-0.2, 0) is 30.8 Å². The van der Waals surface area contributed by atoms with E-state index < -0.39 is 21.9 Å². The molecule has 1 amide bonds. The number of carbonyl (C=O) groups excluding carboxylic acids is 2. The van der Waals surface area contributed by atoms with Gasteiger partial charge >= 0.3 is 5.97 Å². The van der Waals surface area contributed by atoms with E-state index in [4.69, 9.17) is 16.3 Å². The Morgan fingerprint density at radius 3 is 2.72 bits per heavy atom. The highest BCUT2D eigenvalue weighted by Crippen LogP contribution is 2.28. The minimum absolute atomic E-state index is 0.0364. The molecule has 156 valence electrons. The number of anilines is 1. The molecule has 0 spiro atoms. The number of esters is 1. The van der Waals surface area contributed by atoms with Gasteiger partial charge in [0.25, 0.3) is 0 Å². The van der Waals surface area contributed by atoms with Gasteiger partial charge in [0.1, 0.15) is 11.4 Å². The van der Waals surface area contributed by atoms with E-state index in [0.717, 1.165) is 4.68 Å². The zero-order chi connectivity index (χ0) is 21.0. The summed E-state index contributed by atoms with van der Waals surface area (Å²) in [7, 11) is -2.62. The van der Waals surface area contributed by atoms with Crippen LogP contribution in [0.1, 0.15) is 10.5 Å². The lowest BCUT2D eigenvalue weighted by atomic mass is 10.3. The summed E-state index contributed by atoms with van der Waals surface area (Å²) in [6.45, 7) is 0.823. The highest BCUT2D eigenvalue weighted by atomic mass is 35.5. The lowest BCUT2D eigenvalue weighted by molar-refractivity contribution is -0.116. The minimum atomic E-state index is -3.83. The first-order chi connectivity index (χ1) is 13.8. The maximum atomic E-state index is 12.8. The van der Waals surface area contributed by atoms with Crippen LogP contribution in [0.25, 0.3) is 0 Å². The Balaban J connectivity index is 1.73. The van der Waals surface area contributed by atoms with Crippen molar-refractivity contribution in [2.45, 2.75) is 11.4 Å². The summed E-state index contributed by atoms with van der Waals surface area (Å²) in [4.78, 5) is 23.5. The average Bonchev–Trinajstić information content (AvgIpc) is 3.17. The first-order valence-electron chi connectivity index (χ1n) is 8.47. The van der Waals surface area contributed by atoms with Crippen molar-refractivity contribution in [2.75, 3.05) is 38.7 Å². The van der Waals surface area contributed by atoms with E-state index >= 15 is 0 Å². The van der Waals surface area contributed by atoms with Crippen molar-refractivity contribution in [3.63, 3.8) is 0 Å². The van der Waals surface area contributed by atoms with Crippen molar-refractivity contribution < 1.29 is 27.5 Å². The van der Waals surface area contributed by atoms with Crippen LogP contribution in [-0.4, -0.2) is 73.0 Å². The van der Waals surface area contributed by atoms with E-state index in [0.29, 0.717) is 13.2 Å². The van der Waals surface area contributed by atoms with Gasteiger partial charge in [-0.25, -0.2) is 17.9 Å². The molecule has 1 aliphatic heterocycles. The maximum Gasteiger partial charge on any atom is 0.360 e. The fourth-order valence-electron chi connectivity index (χ4n) is 2.63. The van der Waals surface area contributed by atoms with Gasteiger partial charge in [-0.05, 0) is 18.2 Å². The number of carbonyl (C=O) groups is 2. The molecule has 2 heterocycles. The van der Waals surface area contributed by atoms with E-state index in [2.05, 4.69) is 20.4 Å². The minimum Gasteiger partial charge on any atom is -0.464 e. The molecule has 1 aromatic heterocycles. The van der Waals surface area contributed by atoms with Crippen LogP contribution in [0.15, 0.2) is 29.3 Å². The Bertz CT molecular complexity index is 1020. The monoisotopic (exact) mass is 443 g/mol. The van der Waals surface area contributed by atoms with Gasteiger partial charge in [-0.3, -0.25) is 4.79 Å². The molecule has 2 aromatic rings. The van der Waals surface area contributed by atoms with Crippen molar-refractivity contribution in [2.24, 2.45) is 0 Å². The molecule has 13 heteroatoms. The summed E-state index contributed by atoms with van der Waals surface area (Å²) >= 11 is 6.10. The number of nitrogens with zero attached hydrogens (tertiary/aromatic N) is 4. The highest BCUT2D eigenvalue weighted by molar-refractivity contribution is 7.89. The van der Waals surface area contributed by atoms with E-state index in [-0.39, 0.29) is 40.9 Å². The molecule has 29 heavy (non-hydrogen) atoms. The van der Waals surface area contributed by atoms with Crippen molar-refractivity contribution >= 4 is 39.2 Å². The van der Waals surface area contributed by atoms with Crippen LogP contribution in [0.5, 0.6) is 0 Å². The quantitative estimate of drug-likeness (QED) is 0.633. The summed E-state index contributed by atoms with van der Waals surface area (Å²) in [5.74, 6) is -1.17. The number of nitrogens with one attached hydrogen (secondary N) is 1. The highest BCUT2D eigenvalue weighted by Gasteiger charge is 2.28. The molecule has 0 atom stereocenters. The molecule has 0 saturated carbocycles. The van der Waals surface area contributed by atoms with E-state index in [1.807, 2.05) is 0 Å². The Labute approximate surface area is 171 Å². The molecular formula is C16H18ClN5O6S. The average molecular weight is 444 g/mol. The Morgan fingerprint density at radius 2 is 2.03 bits per heavy atom. The van der Waals surface area contributed by atoms with Gasteiger partial charge < -0.3 is 14.8 Å². The largest absolute Gasteiger partial charge is 0.464 e. The first-order valence-corrected chi connectivity index (χ1v) is 10.3. The van der Waals surface area contributed by atoms with Gasteiger partial charge in [-0.15, -0.1) is 5.10 Å². The first kappa shape index (κ1) is 21.2. The molecule has 0 unspecified atom stereocenters. The number of ether oxygens (including phenoxy) is 2. The summed E-state index contributed by atoms with van der Waals surface area (Å²) in [5.41, 5.74) is 0.213. The maximum absolute atomic E-state index is 12.8. The predicted octanol–water partition coefficient (Wildman–Crippen LogP) is 0.378. The van der Waals surface area contributed by atoms with Crippen LogP contribution in [0, 0.1) is 0 Å². The third kappa shape index (κ3) is 4.90. The van der Waals surface area contributed by atoms with Gasteiger partial charge in [-0.1, -0.05) is 16.8 Å².